The van der Waals surface area contributed by atoms with Crippen molar-refractivity contribution in [2.45, 2.75) is 19.5 Å². The predicted octanol–water partition coefficient (Wildman–Crippen LogP) is 4.39. The third-order valence-corrected chi connectivity index (χ3v) is 3.36. The van der Waals surface area contributed by atoms with E-state index >= 15 is 4.39 Å². The fourth-order valence-corrected chi connectivity index (χ4v) is 2.21. The van der Waals surface area contributed by atoms with Crippen LogP contribution in [-0.4, -0.2) is 5.78 Å². The van der Waals surface area contributed by atoms with Crippen molar-refractivity contribution in [2.24, 2.45) is 5.92 Å². The Morgan fingerprint density at radius 3 is 1.89 bits per heavy atom. The predicted molar refractivity (Wildman–Crippen MR) is 74.8 cm³/mol. The molecule has 0 radical (unpaired) electrons. The van der Waals surface area contributed by atoms with Crippen molar-refractivity contribution in [3.05, 3.63) is 71.8 Å². The molecule has 19 heavy (non-hydrogen) atoms. The van der Waals surface area contributed by atoms with Crippen LogP contribution in [0.5, 0.6) is 0 Å². The smallest absolute Gasteiger partial charge is 0.204 e. The average Bonchev–Trinajstić information content (AvgIpc) is 2.47. The first-order valence-corrected chi connectivity index (χ1v) is 6.41. The minimum Gasteiger partial charge on any atom is -0.290 e. The molecule has 0 saturated carbocycles. The molecule has 0 saturated heterocycles. The van der Waals surface area contributed by atoms with Gasteiger partial charge in [-0.05, 0) is 11.5 Å². The van der Waals surface area contributed by atoms with E-state index in [9.17, 15) is 4.79 Å². The molecule has 0 amide bonds. The normalized spacial score (nSPS) is 14.1. The quantitative estimate of drug-likeness (QED) is 0.741. The van der Waals surface area contributed by atoms with E-state index < -0.39 is 17.4 Å². The van der Waals surface area contributed by atoms with Crippen LogP contribution in [0.25, 0.3) is 0 Å². The molecule has 2 rings (SSSR count). The lowest BCUT2D eigenvalue weighted by Gasteiger charge is -2.28. The van der Waals surface area contributed by atoms with Crippen molar-refractivity contribution in [3.8, 4) is 0 Å². The molecule has 1 nitrogen and oxygen atoms in total. The maximum atomic E-state index is 15.4. The van der Waals surface area contributed by atoms with Crippen molar-refractivity contribution in [1.82, 2.24) is 0 Å². The second kappa shape index (κ2) is 5.35. The Morgan fingerprint density at radius 2 is 1.42 bits per heavy atom. The number of benzene rings is 2. The third-order valence-electron chi connectivity index (χ3n) is 3.36. The van der Waals surface area contributed by atoms with Crippen LogP contribution in [0.1, 0.15) is 29.8 Å². The fourth-order valence-electron chi connectivity index (χ4n) is 2.21. The largest absolute Gasteiger partial charge is 0.290 e. The Morgan fingerprint density at radius 1 is 0.947 bits per heavy atom. The molecule has 0 N–H and O–H groups in total. The van der Waals surface area contributed by atoms with E-state index in [-0.39, 0.29) is 0 Å². The van der Waals surface area contributed by atoms with E-state index in [1.165, 1.54) is 0 Å². The van der Waals surface area contributed by atoms with E-state index in [0.29, 0.717) is 11.1 Å². The van der Waals surface area contributed by atoms with Crippen LogP contribution < -0.4 is 0 Å². The van der Waals surface area contributed by atoms with Gasteiger partial charge in [-0.15, -0.1) is 0 Å². The topological polar surface area (TPSA) is 17.1 Å². The number of Topliss-reactive ketones (excluding diaryl/α,β-unsaturated/α-hetero) is 1. The molecule has 0 unspecified atom stereocenters. The zero-order valence-corrected chi connectivity index (χ0v) is 11.1. The van der Waals surface area contributed by atoms with E-state index in [1.807, 2.05) is 12.1 Å². The molecule has 2 aromatic carbocycles. The van der Waals surface area contributed by atoms with Crippen LogP contribution in [0.4, 0.5) is 4.39 Å². The summed E-state index contributed by atoms with van der Waals surface area (Å²) in [5.41, 5.74) is -1.16. The molecule has 0 spiro atoms. The number of rotatable bonds is 4. The van der Waals surface area contributed by atoms with E-state index in [4.69, 9.17) is 0 Å². The van der Waals surface area contributed by atoms with Crippen molar-refractivity contribution < 1.29 is 9.18 Å². The lowest BCUT2D eigenvalue weighted by Crippen LogP contribution is -2.36. The highest BCUT2D eigenvalue weighted by atomic mass is 19.1. The molecule has 0 aromatic heterocycles. The van der Waals surface area contributed by atoms with Crippen LogP contribution >= 0.6 is 0 Å². The number of ketones is 1. The molecule has 0 aliphatic heterocycles. The summed E-state index contributed by atoms with van der Waals surface area (Å²) in [5.74, 6) is -0.906. The third kappa shape index (κ3) is 2.43. The summed E-state index contributed by atoms with van der Waals surface area (Å²) >= 11 is 0. The molecule has 1 atom stereocenters. The molecule has 0 fully saturated rings. The van der Waals surface area contributed by atoms with Crippen molar-refractivity contribution in [1.29, 1.82) is 0 Å². The van der Waals surface area contributed by atoms with Crippen LogP contribution in [0.15, 0.2) is 60.7 Å². The van der Waals surface area contributed by atoms with Gasteiger partial charge in [0.2, 0.25) is 11.5 Å². The van der Waals surface area contributed by atoms with Gasteiger partial charge < -0.3 is 0 Å². The van der Waals surface area contributed by atoms with Crippen molar-refractivity contribution in [3.63, 3.8) is 0 Å². The monoisotopic (exact) mass is 256 g/mol. The summed E-state index contributed by atoms with van der Waals surface area (Å²) in [7, 11) is 0. The summed E-state index contributed by atoms with van der Waals surface area (Å²) in [6.07, 6.45) is 0. The number of hydrogen-bond acceptors (Lipinski definition) is 1. The summed E-state index contributed by atoms with van der Waals surface area (Å²) in [5, 5.41) is 0. The average molecular weight is 256 g/mol. The summed E-state index contributed by atoms with van der Waals surface area (Å²) in [4.78, 5) is 12.5. The highest BCUT2D eigenvalue weighted by Crippen LogP contribution is 2.37. The second-order valence-electron chi connectivity index (χ2n) is 4.93. The first-order chi connectivity index (χ1) is 9.06. The number of carbonyl (C=O) groups is 1. The fraction of sp³-hybridized carbons (Fsp3) is 0.235. The number of halogens is 1. The van der Waals surface area contributed by atoms with E-state index in [1.54, 1.807) is 62.4 Å². The summed E-state index contributed by atoms with van der Waals surface area (Å²) in [6, 6.07) is 17.3. The molecule has 0 aliphatic rings. The SMILES string of the molecule is CC(C)[C@@](F)(C(=O)c1ccccc1)c1ccccc1. The molecule has 0 heterocycles. The molecule has 0 aliphatic carbocycles. The van der Waals surface area contributed by atoms with Gasteiger partial charge in [0.15, 0.2) is 0 Å². The van der Waals surface area contributed by atoms with Crippen LogP contribution in [0.2, 0.25) is 0 Å². The maximum absolute atomic E-state index is 15.4. The highest BCUT2D eigenvalue weighted by molar-refractivity contribution is 6.03. The zero-order chi connectivity index (χ0) is 13.9. The minimum atomic E-state index is -1.98. The van der Waals surface area contributed by atoms with Gasteiger partial charge >= 0.3 is 0 Å². The second-order valence-corrected chi connectivity index (χ2v) is 4.93. The van der Waals surface area contributed by atoms with Crippen LogP contribution in [-0.2, 0) is 5.67 Å². The summed E-state index contributed by atoms with van der Waals surface area (Å²) < 4.78 is 15.4. The van der Waals surface area contributed by atoms with E-state index in [2.05, 4.69) is 0 Å². The van der Waals surface area contributed by atoms with Gasteiger partial charge in [-0.3, -0.25) is 4.79 Å². The molecular formula is C17H17FO. The van der Waals surface area contributed by atoms with Gasteiger partial charge in [0.1, 0.15) is 0 Å². The van der Waals surface area contributed by atoms with Crippen LogP contribution in [0, 0.1) is 5.92 Å². The Balaban J connectivity index is 2.50. The van der Waals surface area contributed by atoms with Gasteiger partial charge in [-0.25, -0.2) is 4.39 Å². The Labute approximate surface area is 113 Å². The zero-order valence-electron chi connectivity index (χ0n) is 11.1. The number of alkyl halides is 1. The number of carbonyl (C=O) groups excluding carboxylic acids is 1. The standard InChI is InChI=1S/C17H17FO/c1-13(2)17(18,15-11-7-4-8-12-15)16(19)14-9-5-3-6-10-14/h3-13H,1-2H3/t17-/m0/s1. The van der Waals surface area contributed by atoms with Crippen molar-refractivity contribution >= 4 is 5.78 Å². The lowest BCUT2D eigenvalue weighted by atomic mass is 9.79. The first kappa shape index (κ1) is 13.5. The van der Waals surface area contributed by atoms with Gasteiger partial charge in [0, 0.05) is 5.56 Å². The highest BCUT2D eigenvalue weighted by Gasteiger charge is 2.43. The molecule has 98 valence electrons. The van der Waals surface area contributed by atoms with Gasteiger partial charge in [0.25, 0.3) is 0 Å². The van der Waals surface area contributed by atoms with Gasteiger partial charge in [-0.2, -0.15) is 0 Å². The molecule has 0 bridgehead atoms. The van der Waals surface area contributed by atoms with Crippen LogP contribution in [0.3, 0.4) is 0 Å². The molecule has 2 heteroatoms. The lowest BCUT2D eigenvalue weighted by molar-refractivity contribution is 0.0534. The first-order valence-electron chi connectivity index (χ1n) is 6.41. The Kier molecular flexibility index (Phi) is 3.79. The van der Waals surface area contributed by atoms with Gasteiger partial charge in [0.05, 0.1) is 0 Å². The molecular weight excluding hydrogens is 239 g/mol. The Hall–Kier alpha value is -1.96. The minimum absolute atomic E-state index is 0.405. The number of hydrogen-bond donors (Lipinski definition) is 0. The summed E-state index contributed by atoms with van der Waals surface area (Å²) in [6.45, 7) is 3.46. The van der Waals surface area contributed by atoms with E-state index in [0.717, 1.165) is 0 Å². The molecule has 2 aromatic rings. The van der Waals surface area contributed by atoms with Crippen molar-refractivity contribution in [2.75, 3.05) is 0 Å². The maximum Gasteiger partial charge on any atom is 0.204 e. The Bertz CT molecular complexity index is 548. The van der Waals surface area contributed by atoms with Gasteiger partial charge in [-0.1, -0.05) is 74.5 Å².